The van der Waals surface area contributed by atoms with E-state index in [0.717, 1.165) is 0 Å². The largest absolute Gasteiger partial charge is 0.463 e. The van der Waals surface area contributed by atoms with Crippen LogP contribution < -0.4 is 0 Å². The van der Waals surface area contributed by atoms with Gasteiger partial charge in [0.25, 0.3) is 0 Å². The molecule has 0 aliphatic rings. The van der Waals surface area contributed by atoms with E-state index >= 15 is 0 Å². The molecule has 0 amide bonds. The van der Waals surface area contributed by atoms with Crippen LogP contribution >= 0.6 is 27.5 Å². The lowest BCUT2D eigenvalue weighted by Crippen LogP contribution is -1.78. The fourth-order valence-electron chi connectivity index (χ4n) is 1.04. The van der Waals surface area contributed by atoms with Gasteiger partial charge in [0.15, 0.2) is 5.58 Å². The number of furan rings is 1. The zero-order valence-corrected chi connectivity index (χ0v) is 8.12. The van der Waals surface area contributed by atoms with Gasteiger partial charge in [-0.25, -0.2) is 4.39 Å². The van der Waals surface area contributed by atoms with Gasteiger partial charge in [0.1, 0.15) is 5.82 Å². The third kappa shape index (κ3) is 1.04. The lowest BCUT2D eigenvalue weighted by Gasteiger charge is -1.96. The second-order valence-corrected chi connectivity index (χ2v) is 3.58. The number of halogens is 3. The Hall–Kier alpha value is -0.540. The van der Waals surface area contributed by atoms with Crippen LogP contribution in [0, 0.1) is 5.82 Å². The molecule has 0 fully saturated rings. The van der Waals surface area contributed by atoms with Crippen LogP contribution in [0.15, 0.2) is 27.3 Å². The van der Waals surface area contributed by atoms with Crippen LogP contribution in [0.5, 0.6) is 0 Å². The summed E-state index contributed by atoms with van der Waals surface area (Å²) in [5, 5.41) is 0.803. The normalized spacial score (nSPS) is 10.9. The summed E-state index contributed by atoms with van der Waals surface area (Å²) in [7, 11) is 0. The van der Waals surface area contributed by atoms with E-state index in [9.17, 15) is 4.39 Å². The van der Waals surface area contributed by atoms with E-state index in [1.807, 2.05) is 0 Å². The van der Waals surface area contributed by atoms with Crippen molar-refractivity contribution in [2.75, 3.05) is 0 Å². The summed E-state index contributed by atoms with van der Waals surface area (Å²) in [5.41, 5.74) is 0.386. The fraction of sp³-hybridized carbons (Fsp3) is 0. The fourth-order valence-corrected chi connectivity index (χ4v) is 1.87. The Balaban J connectivity index is 2.97. The maximum atomic E-state index is 13.2. The van der Waals surface area contributed by atoms with Gasteiger partial charge in [0, 0.05) is 0 Å². The van der Waals surface area contributed by atoms with Crippen molar-refractivity contribution in [2.24, 2.45) is 0 Å². The van der Waals surface area contributed by atoms with E-state index in [1.165, 1.54) is 12.3 Å². The predicted molar refractivity (Wildman–Crippen MR) is 48.9 cm³/mol. The van der Waals surface area contributed by atoms with Crippen LogP contribution in [0.25, 0.3) is 11.0 Å². The molecule has 0 bridgehead atoms. The lowest BCUT2D eigenvalue weighted by atomic mass is 10.2. The Morgan fingerprint density at radius 1 is 1.50 bits per heavy atom. The Labute approximate surface area is 81.2 Å². The first-order valence-electron chi connectivity index (χ1n) is 3.21. The molecule has 0 spiro atoms. The molecule has 0 saturated carbocycles. The van der Waals surface area contributed by atoms with Crippen LogP contribution in [0.4, 0.5) is 4.39 Å². The summed E-state index contributed by atoms with van der Waals surface area (Å²) in [6.45, 7) is 0. The van der Waals surface area contributed by atoms with Crippen molar-refractivity contribution in [3.63, 3.8) is 0 Å². The van der Waals surface area contributed by atoms with E-state index in [-0.39, 0.29) is 5.82 Å². The summed E-state index contributed by atoms with van der Waals surface area (Å²) in [5.74, 6) is -0.344. The van der Waals surface area contributed by atoms with Crippen molar-refractivity contribution < 1.29 is 8.81 Å². The van der Waals surface area contributed by atoms with Crippen molar-refractivity contribution in [3.05, 3.63) is 33.7 Å². The quantitative estimate of drug-likeness (QED) is 0.644. The van der Waals surface area contributed by atoms with Crippen LogP contribution in [-0.4, -0.2) is 0 Å². The number of hydrogen-bond acceptors (Lipinski definition) is 1. The minimum Gasteiger partial charge on any atom is -0.463 e. The molecule has 62 valence electrons. The molecule has 1 nitrogen and oxygen atoms in total. The Morgan fingerprint density at radius 3 is 3.00 bits per heavy atom. The molecule has 4 heteroatoms. The first-order chi connectivity index (χ1) is 5.70. The second kappa shape index (κ2) is 2.75. The highest BCUT2D eigenvalue weighted by atomic mass is 79.9. The molecule has 2 aromatic rings. The number of fused-ring (bicyclic) bond motifs is 1. The van der Waals surface area contributed by atoms with E-state index in [0.29, 0.717) is 20.5 Å². The maximum absolute atomic E-state index is 13.2. The summed E-state index contributed by atoms with van der Waals surface area (Å²) >= 11 is 8.84. The average molecular weight is 249 g/mol. The zero-order chi connectivity index (χ0) is 8.72. The molecular formula is C8H3BrClFO. The highest BCUT2D eigenvalue weighted by molar-refractivity contribution is 9.10. The number of benzene rings is 1. The number of rotatable bonds is 0. The van der Waals surface area contributed by atoms with Gasteiger partial charge in [-0.05, 0) is 28.1 Å². The van der Waals surface area contributed by atoms with Gasteiger partial charge < -0.3 is 4.42 Å². The first kappa shape index (κ1) is 8.08. The van der Waals surface area contributed by atoms with Crippen molar-refractivity contribution in [1.82, 2.24) is 0 Å². The molecule has 1 heterocycles. The molecular weight excluding hydrogens is 246 g/mol. The topological polar surface area (TPSA) is 13.1 Å². The minimum atomic E-state index is -0.344. The van der Waals surface area contributed by atoms with E-state index in [2.05, 4.69) is 15.9 Å². The summed E-state index contributed by atoms with van der Waals surface area (Å²) in [4.78, 5) is 0. The minimum absolute atomic E-state index is 0.344. The third-order valence-corrected chi connectivity index (χ3v) is 2.44. The van der Waals surface area contributed by atoms with Crippen LogP contribution in [0.3, 0.4) is 0 Å². The van der Waals surface area contributed by atoms with Gasteiger partial charge in [-0.2, -0.15) is 0 Å². The van der Waals surface area contributed by atoms with Gasteiger partial charge in [0.2, 0.25) is 0 Å². The highest BCUT2D eigenvalue weighted by Gasteiger charge is 2.11. The van der Waals surface area contributed by atoms with Crippen LogP contribution in [-0.2, 0) is 0 Å². The molecule has 0 N–H and O–H groups in total. The summed E-state index contributed by atoms with van der Waals surface area (Å²) in [6.07, 6.45) is 1.41. The van der Waals surface area contributed by atoms with Crippen LogP contribution in [0.2, 0.25) is 5.02 Å². The second-order valence-electron chi connectivity index (χ2n) is 2.32. The molecule has 1 aromatic carbocycles. The standard InChI is InChI=1S/C8H3BrClFO/c9-5-3-6(10)8-4(7(5)11)1-2-12-8/h1-3H. The SMILES string of the molecule is Fc1c(Br)cc(Cl)c2occc12. The van der Waals surface area contributed by atoms with Gasteiger partial charge in [-0.15, -0.1) is 0 Å². The third-order valence-electron chi connectivity index (χ3n) is 1.58. The predicted octanol–water partition coefficient (Wildman–Crippen LogP) is 3.99. The molecule has 12 heavy (non-hydrogen) atoms. The van der Waals surface area contributed by atoms with Gasteiger partial charge >= 0.3 is 0 Å². The average Bonchev–Trinajstić information content (AvgIpc) is 2.48. The van der Waals surface area contributed by atoms with E-state index in [4.69, 9.17) is 16.0 Å². The number of hydrogen-bond donors (Lipinski definition) is 0. The molecule has 0 saturated heterocycles. The van der Waals surface area contributed by atoms with E-state index < -0.39 is 0 Å². The summed E-state index contributed by atoms with van der Waals surface area (Å²) in [6, 6.07) is 3.02. The molecule has 0 unspecified atom stereocenters. The Kier molecular flexibility index (Phi) is 1.85. The monoisotopic (exact) mass is 248 g/mol. The van der Waals surface area contributed by atoms with Crippen molar-refractivity contribution in [1.29, 1.82) is 0 Å². The van der Waals surface area contributed by atoms with Crippen LogP contribution in [0.1, 0.15) is 0 Å². The van der Waals surface area contributed by atoms with Crippen molar-refractivity contribution in [2.45, 2.75) is 0 Å². The lowest BCUT2D eigenvalue weighted by molar-refractivity contribution is 0.609. The Bertz CT molecular complexity index is 438. The molecule has 1 aromatic heterocycles. The molecule has 0 atom stereocenters. The first-order valence-corrected chi connectivity index (χ1v) is 4.38. The molecule has 2 rings (SSSR count). The van der Waals surface area contributed by atoms with Gasteiger partial charge in [-0.3, -0.25) is 0 Å². The molecule has 0 aliphatic carbocycles. The van der Waals surface area contributed by atoms with Crippen molar-refractivity contribution in [3.8, 4) is 0 Å². The summed E-state index contributed by atoms with van der Waals surface area (Å²) < 4.78 is 18.6. The molecule has 0 aliphatic heterocycles. The zero-order valence-electron chi connectivity index (χ0n) is 5.77. The van der Waals surface area contributed by atoms with Gasteiger partial charge in [0.05, 0.1) is 21.1 Å². The van der Waals surface area contributed by atoms with Gasteiger partial charge in [-0.1, -0.05) is 11.6 Å². The van der Waals surface area contributed by atoms with Crippen molar-refractivity contribution >= 4 is 38.5 Å². The van der Waals surface area contributed by atoms with E-state index in [1.54, 1.807) is 6.07 Å². The Morgan fingerprint density at radius 2 is 2.25 bits per heavy atom. The smallest absolute Gasteiger partial charge is 0.155 e. The molecule has 0 radical (unpaired) electrons. The maximum Gasteiger partial charge on any atom is 0.155 e. The highest BCUT2D eigenvalue weighted by Crippen LogP contribution is 2.31.